The molecule has 1 saturated heterocycles. The van der Waals surface area contributed by atoms with Crippen LogP contribution in [0.2, 0.25) is 0 Å². The minimum absolute atomic E-state index is 0.0239. The van der Waals surface area contributed by atoms with Crippen molar-refractivity contribution in [3.05, 3.63) is 29.8 Å². The van der Waals surface area contributed by atoms with Gasteiger partial charge in [-0.05, 0) is 50.9 Å². The summed E-state index contributed by atoms with van der Waals surface area (Å²) < 4.78 is 5.22. The number of nitrogens with zero attached hydrogens (tertiary/aromatic N) is 3. The monoisotopic (exact) mass is 359 g/mol. The van der Waals surface area contributed by atoms with Gasteiger partial charge in [-0.2, -0.15) is 0 Å². The maximum absolute atomic E-state index is 12.5. The van der Waals surface area contributed by atoms with E-state index in [1.165, 1.54) is 5.56 Å². The first-order chi connectivity index (χ1) is 12.4. The molecule has 0 N–H and O–H groups in total. The molecule has 26 heavy (non-hydrogen) atoms. The lowest BCUT2D eigenvalue weighted by atomic mass is 9.87. The van der Waals surface area contributed by atoms with Gasteiger partial charge in [0, 0.05) is 32.6 Å². The van der Waals surface area contributed by atoms with Crippen molar-refractivity contribution in [2.75, 3.05) is 27.2 Å². The van der Waals surface area contributed by atoms with E-state index in [-0.39, 0.29) is 17.6 Å². The van der Waals surface area contributed by atoms with Gasteiger partial charge in [-0.15, -0.1) is 0 Å². The summed E-state index contributed by atoms with van der Waals surface area (Å²) in [5.41, 5.74) is 1.44. The predicted octanol–water partition coefficient (Wildman–Crippen LogP) is 2.67. The van der Waals surface area contributed by atoms with E-state index in [1.54, 1.807) is 12.0 Å². The van der Waals surface area contributed by atoms with Crippen LogP contribution in [-0.2, 0) is 16.2 Å². The van der Waals surface area contributed by atoms with Gasteiger partial charge >= 0.3 is 0 Å². The number of likely N-dealkylation sites (tertiary alicyclic amines) is 1. The molecule has 2 aliphatic rings. The van der Waals surface area contributed by atoms with Crippen molar-refractivity contribution in [1.82, 2.24) is 9.80 Å². The number of methoxy groups -OCH3 is 1. The molecule has 1 aromatic carbocycles. The molecule has 0 aromatic heterocycles. The molecule has 1 spiro atoms. The average Bonchev–Trinajstić information content (AvgIpc) is 3.04. The first kappa shape index (κ1) is 18.7. The molecule has 3 rings (SSSR count). The predicted molar refractivity (Wildman–Crippen MR) is 101 cm³/mol. The van der Waals surface area contributed by atoms with Gasteiger partial charge in [0.2, 0.25) is 0 Å². The van der Waals surface area contributed by atoms with Crippen LogP contribution in [0.3, 0.4) is 0 Å². The van der Waals surface area contributed by atoms with Gasteiger partial charge in [-0.3, -0.25) is 9.69 Å². The quantitative estimate of drug-likeness (QED) is 0.811. The second-order valence-corrected chi connectivity index (χ2v) is 7.66. The van der Waals surface area contributed by atoms with E-state index in [4.69, 9.17) is 9.57 Å². The number of piperidine rings is 1. The first-order valence-electron chi connectivity index (χ1n) is 9.30. The topological polar surface area (TPSA) is 54.4 Å². The van der Waals surface area contributed by atoms with Gasteiger partial charge < -0.3 is 14.5 Å². The number of carbonyl (C=O) groups excluding carboxylic acids is 1. The number of rotatable bonds is 5. The molecule has 2 aliphatic heterocycles. The summed E-state index contributed by atoms with van der Waals surface area (Å²) in [6.07, 6.45) is 2.59. The largest absolute Gasteiger partial charge is 0.497 e. The zero-order valence-corrected chi connectivity index (χ0v) is 16.2. The molecular weight excluding hydrogens is 330 g/mol. The molecular formula is C20H29N3O3. The molecule has 0 bridgehead atoms. The van der Waals surface area contributed by atoms with Crippen molar-refractivity contribution in [1.29, 1.82) is 0 Å². The van der Waals surface area contributed by atoms with Crippen LogP contribution >= 0.6 is 0 Å². The highest BCUT2D eigenvalue weighted by molar-refractivity contribution is 6.39. The summed E-state index contributed by atoms with van der Waals surface area (Å²) in [7, 11) is 3.49. The minimum atomic E-state index is -0.354. The second-order valence-electron chi connectivity index (χ2n) is 7.66. The maximum Gasteiger partial charge on any atom is 0.271 e. The highest BCUT2D eigenvalue weighted by Gasteiger charge is 2.45. The number of ether oxygens (including phenoxy) is 1. The average molecular weight is 359 g/mol. The van der Waals surface area contributed by atoms with E-state index in [1.807, 2.05) is 33.0 Å². The van der Waals surface area contributed by atoms with Gasteiger partial charge in [0.1, 0.15) is 11.5 Å². The number of hydrogen-bond donors (Lipinski definition) is 0. The number of hydrogen-bond acceptors (Lipinski definition) is 5. The second kappa shape index (κ2) is 7.66. The van der Waals surface area contributed by atoms with E-state index < -0.39 is 0 Å². The molecule has 1 atom stereocenters. The molecule has 0 radical (unpaired) electrons. The van der Waals surface area contributed by atoms with Crippen LogP contribution in [0.25, 0.3) is 0 Å². The Morgan fingerprint density at radius 3 is 2.77 bits per heavy atom. The fourth-order valence-corrected chi connectivity index (χ4v) is 3.61. The van der Waals surface area contributed by atoms with Crippen LogP contribution in [0, 0.1) is 0 Å². The normalized spacial score (nSPS) is 23.0. The third kappa shape index (κ3) is 4.01. The van der Waals surface area contributed by atoms with Crippen molar-refractivity contribution in [3.63, 3.8) is 0 Å². The molecule has 0 aliphatic carbocycles. The number of benzene rings is 1. The lowest BCUT2D eigenvalue weighted by Crippen LogP contribution is -2.48. The smallest absolute Gasteiger partial charge is 0.271 e. The highest BCUT2D eigenvalue weighted by atomic mass is 16.7. The standard InChI is InChI=1S/C20H29N3O3/c1-15(2)22(3)19(24)18-12-20(26-21-18)10-5-11-23(14-20)13-16-6-8-17(25-4)9-7-16/h6-9,15H,5,10-14H2,1-4H3. The summed E-state index contributed by atoms with van der Waals surface area (Å²) >= 11 is 0. The number of amides is 1. The van der Waals surface area contributed by atoms with Crippen molar-refractivity contribution >= 4 is 11.6 Å². The first-order valence-corrected chi connectivity index (χ1v) is 9.30. The van der Waals surface area contributed by atoms with Gasteiger partial charge in [0.25, 0.3) is 5.91 Å². The van der Waals surface area contributed by atoms with Crippen LogP contribution < -0.4 is 4.74 Å². The minimum Gasteiger partial charge on any atom is -0.497 e. The van der Waals surface area contributed by atoms with Crippen LogP contribution in [-0.4, -0.2) is 60.3 Å². The fraction of sp³-hybridized carbons (Fsp3) is 0.600. The zero-order valence-electron chi connectivity index (χ0n) is 16.2. The van der Waals surface area contributed by atoms with E-state index in [9.17, 15) is 4.79 Å². The Morgan fingerprint density at radius 2 is 2.12 bits per heavy atom. The van der Waals surface area contributed by atoms with E-state index >= 15 is 0 Å². The van der Waals surface area contributed by atoms with Crippen molar-refractivity contribution in [2.24, 2.45) is 5.16 Å². The van der Waals surface area contributed by atoms with Crippen LogP contribution in [0.1, 0.15) is 38.7 Å². The summed E-state index contributed by atoms with van der Waals surface area (Å²) in [5, 5.41) is 4.16. The van der Waals surface area contributed by atoms with E-state index in [2.05, 4.69) is 22.2 Å². The molecule has 1 amide bonds. The molecule has 6 nitrogen and oxygen atoms in total. The van der Waals surface area contributed by atoms with Crippen molar-refractivity contribution in [2.45, 2.75) is 51.3 Å². The fourth-order valence-electron chi connectivity index (χ4n) is 3.61. The molecule has 142 valence electrons. The number of carbonyl (C=O) groups is 1. The Hall–Kier alpha value is -2.08. The van der Waals surface area contributed by atoms with Gasteiger partial charge in [0.05, 0.1) is 7.11 Å². The third-order valence-corrected chi connectivity index (χ3v) is 5.36. The Balaban J connectivity index is 1.61. The van der Waals surface area contributed by atoms with Gasteiger partial charge in [0.15, 0.2) is 5.60 Å². The highest BCUT2D eigenvalue weighted by Crippen LogP contribution is 2.34. The summed E-state index contributed by atoms with van der Waals surface area (Å²) in [6.45, 7) is 6.70. The molecule has 1 unspecified atom stereocenters. The van der Waals surface area contributed by atoms with Crippen LogP contribution in [0.5, 0.6) is 5.75 Å². The Morgan fingerprint density at radius 1 is 1.38 bits per heavy atom. The molecule has 0 saturated carbocycles. The van der Waals surface area contributed by atoms with E-state index in [0.717, 1.165) is 38.2 Å². The van der Waals surface area contributed by atoms with Gasteiger partial charge in [-0.25, -0.2) is 0 Å². The molecule has 6 heteroatoms. The maximum atomic E-state index is 12.5. The SMILES string of the molecule is COc1ccc(CN2CCCC3(CC(C(=O)N(C)C(C)C)=NO3)C2)cc1. The van der Waals surface area contributed by atoms with E-state index in [0.29, 0.717) is 12.1 Å². The molecule has 1 aromatic rings. The third-order valence-electron chi connectivity index (χ3n) is 5.36. The van der Waals surface area contributed by atoms with Crippen LogP contribution in [0.15, 0.2) is 29.4 Å². The lowest BCUT2D eigenvalue weighted by Gasteiger charge is -2.38. The zero-order chi connectivity index (χ0) is 18.7. The van der Waals surface area contributed by atoms with Crippen molar-refractivity contribution < 1.29 is 14.4 Å². The Labute approximate surface area is 155 Å². The Kier molecular flexibility index (Phi) is 5.51. The van der Waals surface area contributed by atoms with Crippen molar-refractivity contribution in [3.8, 4) is 5.75 Å². The summed E-state index contributed by atoms with van der Waals surface area (Å²) in [6, 6.07) is 8.32. The number of oxime groups is 1. The molecule has 2 heterocycles. The lowest BCUT2D eigenvalue weighted by molar-refractivity contribution is -0.124. The summed E-state index contributed by atoms with van der Waals surface area (Å²) in [4.78, 5) is 22.5. The molecule has 1 fully saturated rings. The summed E-state index contributed by atoms with van der Waals surface area (Å²) in [5.74, 6) is 0.845. The van der Waals surface area contributed by atoms with Crippen LogP contribution in [0.4, 0.5) is 0 Å². The van der Waals surface area contributed by atoms with Gasteiger partial charge in [-0.1, -0.05) is 17.3 Å². The Bertz CT molecular complexity index is 671.